The highest BCUT2D eigenvalue weighted by Crippen LogP contribution is 2.27. The van der Waals surface area contributed by atoms with Crippen molar-refractivity contribution in [1.82, 2.24) is 0 Å². The lowest BCUT2D eigenvalue weighted by Crippen LogP contribution is -2.13. The zero-order valence-corrected chi connectivity index (χ0v) is 14.7. The quantitative estimate of drug-likeness (QED) is 0.769. The van der Waals surface area contributed by atoms with Crippen molar-refractivity contribution < 1.29 is 4.74 Å². The summed E-state index contributed by atoms with van der Waals surface area (Å²) < 4.78 is 6.41. The minimum atomic E-state index is 0.369. The van der Waals surface area contributed by atoms with Crippen LogP contribution in [0, 0.1) is 0 Å². The second-order valence-electron chi connectivity index (χ2n) is 4.59. The third-order valence-corrected chi connectivity index (χ3v) is 4.34. The molecule has 0 bridgehead atoms. The molecule has 0 aromatic heterocycles. The van der Waals surface area contributed by atoms with Crippen LogP contribution in [0.2, 0.25) is 5.02 Å². The molecule has 110 valence electrons. The topological polar surface area (TPSA) is 35.2 Å². The molecule has 0 spiro atoms. The van der Waals surface area contributed by atoms with Crippen LogP contribution in [0.15, 0.2) is 40.9 Å². The molecule has 5 heteroatoms. The molecule has 0 heterocycles. The van der Waals surface area contributed by atoms with Gasteiger partial charge >= 0.3 is 0 Å². The number of thiocarbonyl (C=S) groups is 1. The number of nitrogens with two attached hydrogens (primary N) is 1. The highest BCUT2D eigenvalue weighted by molar-refractivity contribution is 9.10. The summed E-state index contributed by atoms with van der Waals surface area (Å²) in [6.45, 7) is 0. The van der Waals surface area contributed by atoms with Gasteiger partial charge in [0.05, 0.1) is 7.11 Å². The lowest BCUT2D eigenvalue weighted by Gasteiger charge is -2.12. The van der Waals surface area contributed by atoms with Crippen LogP contribution in [0.25, 0.3) is 0 Å². The van der Waals surface area contributed by atoms with E-state index in [2.05, 4.69) is 22.0 Å². The zero-order chi connectivity index (χ0) is 15.4. The summed E-state index contributed by atoms with van der Waals surface area (Å²) in [5.41, 5.74) is 8.70. The van der Waals surface area contributed by atoms with Crippen LogP contribution in [-0.2, 0) is 12.8 Å². The number of hydrogen-bond acceptors (Lipinski definition) is 2. The fourth-order valence-electron chi connectivity index (χ4n) is 2.25. The maximum Gasteiger partial charge on any atom is 0.122 e. The van der Waals surface area contributed by atoms with Crippen molar-refractivity contribution in [2.45, 2.75) is 12.8 Å². The number of hydrogen-bond donors (Lipinski definition) is 1. The van der Waals surface area contributed by atoms with Gasteiger partial charge in [0.15, 0.2) is 0 Å². The van der Waals surface area contributed by atoms with Crippen LogP contribution in [0.3, 0.4) is 0 Å². The lowest BCUT2D eigenvalue weighted by molar-refractivity contribution is 0.409. The molecule has 0 aliphatic rings. The number of methoxy groups -OCH3 is 1. The fourth-order valence-corrected chi connectivity index (χ4v) is 3.11. The van der Waals surface area contributed by atoms with Crippen LogP contribution >= 0.6 is 39.7 Å². The summed E-state index contributed by atoms with van der Waals surface area (Å²) in [6.07, 6.45) is 1.54. The summed E-state index contributed by atoms with van der Waals surface area (Å²) in [4.78, 5) is 0.369. The maximum atomic E-state index is 6.29. The van der Waals surface area contributed by atoms with Crippen LogP contribution in [-0.4, -0.2) is 12.1 Å². The minimum absolute atomic E-state index is 0.369. The molecule has 0 fully saturated rings. The second-order valence-corrected chi connectivity index (χ2v) is 6.35. The molecule has 0 amide bonds. The van der Waals surface area contributed by atoms with E-state index in [9.17, 15) is 0 Å². The molecular weight excluding hydrogens is 370 g/mol. The minimum Gasteiger partial charge on any atom is -0.496 e. The van der Waals surface area contributed by atoms with Gasteiger partial charge in [-0.1, -0.05) is 51.9 Å². The van der Waals surface area contributed by atoms with E-state index in [1.54, 1.807) is 7.11 Å². The van der Waals surface area contributed by atoms with Gasteiger partial charge in [-0.25, -0.2) is 0 Å². The van der Waals surface area contributed by atoms with Crippen molar-refractivity contribution in [2.75, 3.05) is 7.11 Å². The molecular formula is C16H15BrClNOS. The fraction of sp³-hybridized carbons (Fsp3) is 0.188. The van der Waals surface area contributed by atoms with Gasteiger partial charge in [-0.15, -0.1) is 0 Å². The Kier molecular flexibility index (Phi) is 5.62. The van der Waals surface area contributed by atoms with Crippen molar-refractivity contribution in [1.29, 1.82) is 0 Å². The van der Waals surface area contributed by atoms with Crippen molar-refractivity contribution in [3.8, 4) is 5.75 Å². The number of benzene rings is 2. The Morgan fingerprint density at radius 3 is 2.71 bits per heavy atom. The van der Waals surface area contributed by atoms with E-state index in [1.807, 2.05) is 30.3 Å². The average Bonchev–Trinajstić information content (AvgIpc) is 2.45. The van der Waals surface area contributed by atoms with E-state index < -0.39 is 0 Å². The van der Waals surface area contributed by atoms with Gasteiger partial charge in [-0.2, -0.15) is 0 Å². The van der Waals surface area contributed by atoms with Crippen LogP contribution in [0.1, 0.15) is 16.7 Å². The molecule has 0 aliphatic carbocycles. The standard InChI is InChI=1S/C16H15BrClNOS/c1-20-15-8-6-11(17)9-10(15)5-7-12-13(16(19)21)3-2-4-14(12)18/h2-4,6,8-9H,5,7H2,1H3,(H2,19,21). The van der Waals surface area contributed by atoms with Gasteiger partial charge in [0.25, 0.3) is 0 Å². The van der Waals surface area contributed by atoms with Gasteiger partial charge in [-0.05, 0) is 48.2 Å². The molecule has 0 saturated heterocycles. The van der Waals surface area contributed by atoms with Gasteiger partial charge < -0.3 is 10.5 Å². The summed E-state index contributed by atoms with van der Waals surface area (Å²) >= 11 is 14.9. The Morgan fingerprint density at radius 1 is 1.29 bits per heavy atom. The van der Waals surface area contributed by atoms with Crippen molar-refractivity contribution in [3.63, 3.8) is 0 Å². The van der Waals surface area contributed by atoms with Crippen molar-refractivity contribution >= 4 is 44.7 Å². The Bertz CT molecular complexity index is 675. The van der Waals surface area contributed by atoms with Gasteiger partial charge in [0.1, 0.15) is 10.7 Å². The number of aryl methyl sites for hydroxylation is 1. The molecule has 0 saturated carbocycles. The Morgan fingerprint density at radius 2 is 2.05 bits per heavy atom. The highest BCUT2D eigenvalue weighted by Gasteiger charge is 2.11. The lowest BCUT2D eigenvalue weighted by atomic mass is 9.99. The SMILES string of the molecule is COc1ccc(Br)cc1CCc1c(Cl)cccc1C(N)=S. The Labute approximate surface area is 143 Å². The van der Waals surface area contributed by atoms with E-state index in [-0.39, 0.29) is 0 Å². The van der Waals surface area contributed by atoms with Gasteiger partial charge in [0.2, 0.25) is 0 Å². The predicted octanol–water partition coefficient (Wildman–Crippen LogP) is 4.53. The molecule has 2 aromatic rings. The first-order valence-corrected chi connectivity index (χ1v) is 8.00. The first-order chi connectivity index (χ1) is 10.0. The molecule has 21 heavy (non-hydrogen) atoms. The normalized spacial score (nSPS) is 10.4. The second kappa shape index (κ2) is 7.25. The molecule has 0 unspecified atom stereocenters. The summed E-state index contributed by atoms with van der Waals surface area (Å²) in [6, 6.07) is 11.6. The maximum absolute atomic E-state index is 6.29. The first-order valence-electron chi connectivity index (χ1n) is 6.42. The zero-order valence-electron chi connectivity index (χ0n) is 11.5. The largest absolute Gasteiger partial charge is 0.496 e. The van der Waals surface area contributed by atoms with Crippen LogP contribution in [0.5, 0.6) is 5.75 Å². The summed E-state index contributed by atoms with van der Waals surface area (Å²) in [7, 11) is 1.67. The Hall–Kier alpha value is -1.10. The molecule has 0 atom stereocenters. The van der Waals surface area contributed by atoms with E-state index >= 15 is 0 Å². The molecule has 2 aromatic carbocycles. The number of halogens is 2. The molecule has 2 N–H and O–H groups in total. The van der Waals surface area contributed by atoms with E-state index in [1.165, 1.54) is 0 Å². The first kappa shape index (κ1) is 16.3. The van der Waals surface area contributed by atoms with Crippen molar-refractivity contribution in [3.05, 3.63) is 62.6 Å². The molecule has 0 aliphatic heterocycles. The third kappa shape index (κ3) is 3.96. The molecule has 0 radical (unpaired) electrons. The van der Waals surface area contributed by atoms with Crippen LogP contribution in [0.4, 0.5) is 0 Å². The summed E-state index contributed by atoms with van der Waals surface area (Å²) in [5.74, 6) is 0.863. The molecule has 2 nitrogen and oxygen atoms in total. The van der Waals surface area contributed by atoms with Gasteiger partial charge in [-0.3, -0.25) is 0 Å². The predicted molar refractivity (Wildman–Crippen MR) is 95.4 cm³/mol. The van der Waals surface area contributed by atoms with E-state index in [4.69, 9.17) is 34.3 Å². The van der Waals surface area contributed by atoms with E-state index in [0.717, 1.165) is 39.8 Å². The monoisotopic (exact) mass is 383 g/mol. The van der Waals surface area contributed by atoms with Gasteiger partial charge in [0, 0.05) is 15.1 Å². The number of rotatable bonds is 5. The molecule has 2 rings (SSSR count). The third-order valence-electron chi connectivity index (χ3n) is 3.27. The highest BCUT2D eigenvalue weighted by atomic mass is 79.9. The number of ether oxygens (including phenoxy) is 1. The smallest absolute Gasteiger partial charge is 0.122 e. The average molecular weight is 385 g/mol. The van der Waals surface area contributed by atoms with Crippen LogP contribution < -0.4 is 10.5 Å². The Balaban J connectivity index is 2.28. The van der Waals surface area contributed by atoms with E-state index in [0.29, 0.717) is 10.0 Å². The summed E-state index contributed by atoms with van der Waals surface area (Å²) in [5, 5.41) is 0.689. The van der Waals surface area contributed by atoms with Crippen molar-refractivity contribution in [2.24, 2.45) is 5.73 Å².